The molecule has 0 saturated carbocycles. The van der Waals surface area contributed by atoms with Crippen molar-refractivity contribution in [3.8, 4) is 0 Å². The van der Waals surface area contributed by atoms with Crippen LogP contribution in [0.15, 0.2) is 12.4 Å². The minimum Gasteiger partial charge on any atom is -0.469 e. The Morgan fingerprint density at radius 2 is 2.00 bits per heavy atom. The molecule has 1 aromatic heterocycles. The monoisotopic (exact) mass is 280 g/mol. The molecule has 0 amide bonds. The number of carbonyl (C=O) groups is 1. The van der Waals surface area contributed by atoms with Gasteiger partial charge >= 0.3 is 13.1 Å². The molecule has 20 heavy (non-hydrogen) atoms. The number of methoxy groups -OCH3 is 1. The Labute approximate surface area is 119 Å². The zero-order valence-electron chi connectivity index (χ0n) is 12.6. The third-order valence-electron chi connectivity index (χ3n) is 4.08. The summed E-state index contributed by atoms with van der Waals surface area (Å²) < 4.78 is 16.8. The maximum absolute atomic E-state index is 11.6. The van der Waals surface area contributed by atoms with Crippen LogP contribution < -0.4 is 0 Å². The summed E-state index contributed by atoms with van der Waals surface area (Å²) in [6.07, 6.45) is 3.51. The molecule has 110 valence electrons. The molecule has 0 radical (unpaired) electrons. The Kier molecular flexibility index (Phi) is 3.93. The SMILES string of the molecule is COC(=O)CC(B1OC(C)(C)C(C)(C)O1)c1ncc[nH]1. The van der Waals surface area contributed by atoms with Crippen molar-refractivity contribution < 1.29 is 18.8 Å². The first kappa shape index (κ1) is 15.1. The predicted molar refractivity (Wildman–Crippen MR) is 74.0 cm³/mol. The molecule has 0 aliphatic carbocycles. The van der Waals surface area contributed by atoms with E-state index in [1.54, 1.807) is 12.4 Å². The van der Waals surface area contributed by atoms with Gasteiger partial charge in [-0.25, -0.2) is 4.98 Å². The van der Waals surface area contributed by atoms with Gasteiger partial charge in [0.25, 0.3) is 0 Å². The second-order valence-electron chi connectivity index (χ2n) is 5.99. The fraction of sp³-hybridized carbons (Fsp3) is 0.692. The first-order chi connectivity index (χ1) is 9.27. The third kappa shape index (κ3) is 2.74. The highest BCUT2D eigenvalue weighted by atomic mass is 16.7. The molecule has 1 fully saturated rings. The molecule has 2 heterocycles. The summed E-state index contributed by atoms with van der Waals surface area (Å²) in [6.45, 7) is 7.91. The zero-order chi connectivity index (χ0) is 15.0. The van der Waals surface area contributed by atoms with Crippen LogP contribution in [-0.2, 0) is 18.8 Å². The number of imidazole rings is 1. The second-order valence-corrected chi connectivity index (χ2v) is 5.99. The fourth-order valence-corrected chi connectivity index (χ4v) is 2.12. The van der Waals surface area contributed by atoms with Gasteiger partial charge in [-0.1, -0.05) is 0 Å². The molecule has 6 nitrogen and oxygen atoms in total. The summed E-state index contributed by atoms with van der Waals surface area (Å²) in [5, 5.41) is 0. The molecule has 0 bridgehead atoms. The van der Waals surface area contributed by atoms with E-state index in [-0.39, 0.29) is 18.2 Å². The Balaban J connectivity index is 2.23. The number of aromatic amines is 1. The molecule has 1 unspecified atom stereocenters. The summed E-state index contributed by atoms with van der Waals surface area (Å²) in [5.74, 6) is 0.0218. The Hall–Kier alpha value is -1.34. The number of rotatable bonds is 4. The molecule has 1 aliphatic rings. The van der Waals surface area contributed by atoms with Crippen LogP contribution in [0, 0.1) is 0 Å². The molecule has 1 atom stereocenters. The van der Waals surface area contributed by atoms with Gasteiger partial charge in [-0.3, -0.25) is 4.79 Å². The molecule has 1 aromatic rings. The maximum Gasteiger partial charge on any atom is 0.469 e. The Bertz CT molecular complexity index is 457. The standard InChI is InChI=1S/C13H21BN2O4/c1-12(2)13(3,4)20-14(19-12)9(8-10(17)18-5)11-15-6-7-16-11/h6-7,9H,8H2,1-5H3,(H,15,16). The Morgan fingerprint density at radius 3 is 2.45 bits per heavy atom. The van der Waals surface area contributed by atoms with Crippen LogP contribution in [0.5, 0.6) is 0 Å². The molecule has 2 rings (SSSR count). The number of hydrogen-bond donors (Lipinski definition) is 1. The summed E-state index contributed by atoms with van der Waals surface area (Å²) in [6, 6.07) is 0. The molecule has 1 aliphatic heterocycles. The van der Waals surface area contributed by atoms with Crippen LogP contribution in [0.4, 0.5) is 0 Å². The first-order valence-corrected chi connectivity index (χ1v) is 6.68. The number of ether oxygens (including phenoxy) is 1. The van der Waals surface area contributed by atoms with E-state index in [1.807, 2.05) is 27.7 Å². The van der Waals surface area contributed by atoms with Gasteiger partial charge in [0.2, 0.25) is 0 Å². The van der Waals surface area contributed by atoms with E-state index in [0.29, 0.717) is 5.82 Å². The zero-order valence-corrected chi connectivity index (χ0v) is 12.6. The molecule has 0 spiro atoms. The van der Waals surface area contributed by atoms with E-state index >= 15 is 0 Å². The van der Waals surface area contributed by atoms with Gasteiger partial charge in [0, 0.05) is 12.4 Å². The van der Waals surface area contributed by atoms with Crippen molar-refractivity contribution in [2.24, 2.45) is 0 Å². The van der Waals surface area contributed by atoms with Crippen molar-refractivity contribution in [2.45, 2.75) is 51.1 Å². The van der Waals surface area contributed by atoms with Crippen LogP contribution in [0.3, 0.4) is 0 Å². The van der Waals surface area contributed by atoms with Crippen molar-refractivity contribution in [3.63, 3.8) is 0 Å². The van der Waals surface area contributed by atoms with E-state index in [1.165, 1.54) is 7.11 Å². The van der Waals surface area contributed by atoms with Crippen molar-refractivity contribution in [1.29, 1.82) is 0 Å². The van der Waals surface area contributed by atoms with Gasteiger partial charge in [-0.15, -0.1) is 0 Å². The minimum absolute atomic E-state index is 0.154. The van der Waals surface area contributed by atoms with Crippen molar-refractivity contribution in [2.75, 3.05) is 7.11 Å². The molecular weight excluding hydrogens is 259 g/mol. The lowest BCUT2D eigenvalue weighted by Crippen LogP contribution is -2.41. The molecule has 1 saturated heterocycles. The summed E-state index contributed by atoms with van der Waals surface area (Å²) >= 11 is 0. The van der Waals surface area contributed by atoms with Gasteiger partial charge in [-0.05, 0) is 27.7 Å². The summed E-state index contributed by atoms with van der Waals surface area (Å²) in [5.41, 5.74) is -0.892. The fourth-order valence-electron chi connectivity index (χ4n) is 2.12. The molecule has 7 heteroatoms. The van der Waals surface area contributed by atoms with Crippen LogP contribution in [0.25, 0.3) is 0 Å². The van der Waals surface area contributed by atoms with Crippen molar-refractivity contribution >= 4 is 13.1 Å². The van der Waals surface area contributed by atoms with Crippen LogP contribution >= 0.6 is 0 Å². The Morgan fingerprint density at radius 1 is 1.40 bits per heavy atom. The quantitative estimate of drug-likeness (QED) is 0.671. The third-order valence-corrected chi connectivity index (χ3v) is 4.08. The van der Waals surface area contributed by atoms with E-state index in [9.17, 15) is 4.79 Å². The number of hydrogen-bond acceptors (Lipinski definition) is 5. The van der Waals surface area contributed by atoms with Gasteiger partial charge in [0.15, 0.2) is 0 Å². The lowest BCUT2D eigenvalue weighted by molar-refractivity contribution is -0.140. The van der Waals surface area contributed by atoms with E-state index < -0.39 is 18.3 Å². The number of H-pyrrole nitrogens is 1. The highest BCUT2D eigenvalue weighted by Gasteiger charge is 2.54. The van der Waals surface area contributed by atoms with Gasteiger partial charge < -0.3 is 19.0 Å². The summed E-state index contributed by atoms with van der Waals surface area (Å²) in [4.78, 5) is 18.9. The molecule has 1 N–H and O–H groups in total. The second kappa shape index (κ2) is 5.22. The van der Waals surface area contributed by atoms with Crippen LogP contribution in [0.2, 0.25) is 0 Å². The largest absolute Gasteiger partial charge is 0.469 e. The minimum atomic E-state index is -0.537. The number of aromatic nitrogens is 2. The summed E-state index contributed by atoms with van der Waals surface area (Å²) in [7, 11) is 0.830. The lowest BCUT2D eigenvalue weighted by atomic mass is 9.69. The highest BCUT2D eigenvalue weighted by molar-refractivity contribution is 6.47. The van der Waals surface area contributed by atoms with E-state index in [2.05, 4.69) is 9.97 Å². The number of esters is 1. The molecule has 0 aromatic carbocycles. The van der Waals surface area contributed by atoms with E-state index in [0.717, 1.165) is 0 Å². The number of nitrogens with one attached hydrogen (secondary N) is 1. The normalized spacial score (nSPS) is 21.8. The van der Waals surface area contributed by atoms with Crippen LogP contribution in [0.1, 0.15) is 45.8 Å². The van der Waals surface area contributed by atoms with Crippen molar-refractivity contribution in [1.82, 2.24) is 9.97 Å². The topological polar surface area (TPSA) is 73.4 Å². The highest BCUT2D eigenvalue weighted by Crippen LogP contribution is 2.41. The maximum atomic E-state index is 11.6. The van der Waals surface area contributed by atoms with Gasteiger partial charge in [0.05, 0.1) is 30.5 Å². The molecular formula is C13H21BN2O4. The average molecular weight is 280 g/mol. The van der Waals surface area contributed by atoms with Gasteiger partial charge in [0.1, 0.15) is 5.82 Å². The number of carbonyl (C=O) groups excluding carboxylic acids is 1. The first-order valence-electron chi connectivity index (χ1n) is 6.68. The van der Waals surface area contributed by atoms with Gasteiger partial charge in [-0.2, -0.15) is 0 Å². The van der Waals surface area contributed by atoms with Crippen molar-refractivity contribution in [3.05, 3.63) is 18.2 Å². The average Bonchev–Trinajstić information content (AvgIpc) is 2.93. The smallest absolute Gasteiger partial charge is 0.469 e. The number of nitrogens with zero attached hydrogens (tertiary/aromatic N) is 1. The lowest BCUT2D eigenvalue weighted by Gasteiger charge is -2.32. The van der Waals surface area contributed by atoms with E-state index in [4.69, 9.17) is 14.0 Å². The predicted octanol–water partition coefficient (Wildman–Crippen LogP) is 1.69. The van der Waals surface area contributed by atoms with Crippen LogP contribution in [-0.4, -0.2) is 41.4 Å².